The first-order valence-electron chi connectivity index (χ1n) is 4.68. The van der Waals surface area contributed by atoms with Crippen molar-refractivity contribution in [2.45, 2.75) is 46.8 Å². The van der Waals surface area contributed by atoms with Gasteiger partial charge in [0, 0.05) is 5.57 Å². The molecule has 1 atom stereocenters. The van der Waals surface area contributed by atoms with Crippen molar-refractivity contribution in [3.8, 4) is 0 Å². The van der Waals surface area contributed by atoms with Crippen LogP contribution in [0.3, 0.4) is 0 Å². The number of ether oxygens (including phenoxy) is 1. The van der Waals surface area contributed by atoms with E-state index in [9.17, 15) is 4.79 Å². The number of rotatable bonds is 4. The molecular weight excluding hydrogens is 166 g/mol. The fraction of sp³-hybridized carbons (Fsp3) is 0.700. The highest BCUT2D eigenvalue weighted by Gasteiger charge is 2.11. The molecule has 76 valence electrons. The van der Waals surface area contributed by atoms with Crippen LogP contribution in [-0.2, 0) is 9.53 Å². The highest BCUT2D eigenvalue weighted by molar-refractivity contribution is 5.88. The lowest BCUT2D eigenvalue weighted by Gasteiger charge is -2.10. The van der Waals surface area contributed by atoms with E-state index < -0.39 is 6.23 Å². The average molecular weight is 185 g/mol. The van der Waals surface area contributed by atoms with E-state index in [0.717, 1.165) is 18.4 Å². The number of esters is 1. The number of allylic oxidation sites excluding steroid dienone is 1. The molecule has 0 radical (unpaired) electrons. The van der Waals surface area contributed by atoms with Crippen LogP contribution < -0.4 is 5.73 Å². The minimum Gasteiger partial charge on any atom is -0.444 e. The molecule has 0 rings (SSSR count). The van der Waals surface area contributed by atoms with E-state index >= 15 is 0 Å². The quantitative estimate of drug-likeness (QED) is 0.414. The van der Waals surface area contributed by atoms with Crippen molar-refractivity contribution >= 4 is 5.97 Å². The molecule has 0 aromatic heterocycles. The first-order valence-corrected chi connectivity index (χ1v) is 4.68. The second-order valence-corrected chi connectivity index (χ2v) is 3.05. The van der Waals surface area contributed by atoms with E-state index in [1.807, 2.05) is 13.8 Å². The average Bonchev–Trinajstić information content (AvgIpc) is 2.05. The summed E-state index contributed by atoms with van der Waals surface area (Å²) in [5.41, 5.74) is 7.18. The Morgan fingerprint density at radius 3 is 2.15 bits per heavy atom. The maximum Gasteiger partial charge on any atom is 0.335 e. The molecule has 0 aromatic carbocycles. The van der Waals surface area contributed by atoms with Gasteiger partial charge in [0.2, 0.25) is 0 Å². The first kappa shape index (κ1) is 12.2. The van der Waals surface area contributed by atoms with Crippen LogP contribution >= 0.6 is 0 Å². The van der Waals surface area contributed by atoms with Gasteiger partial charge >= 0.3 is 5.97 Å². The Labute approximate surface area is 79.9 Å². The van der Waals surface area contributed by atoms with Gasteiger partial charge < -0.3 is 4.74 Å². The van der Waals surface area contributed by atoms with Gasteiger partial charge in [0.05, 0.1) is 0 Å². The SMILES string of the molecule is CCC(CC)=C(C)C(=O)OC(C)N. The zero-order valence-corrected chi connectivity index (χ0v) is 8.89. The lowest BCUT2D eigenvalue weighted by molar-refractivity contribution is -0.143. The zero-order valence-electron chi connectivity index (χ0n) is 8.89. The number of carbonyl (C=O) groups excluding carboxylic acids is 1. The summed E-state index contributed by atoms with van der Waals surface area (Å²) in [6.07, 6.45) is 1.24. The van der Waals surface area contributed by atoms with Crippen molar-refractivity contribution in [1.82, 2.24) is 0 Å². The summed E-state index contributed by atoms with van der Waals surface area (Å²) in [5.74, 6) is -0.297. The van der Waals surface area contributed by atoms with Crippen LogP contribution in [0.4, 0.5) is 0 Å². The molecule has 0 bridgehead atoms. The third-order valence-electron chi connectivity index (χ3n) is 1.98. The topological polar surface area (TPSA) is 52.3 Å². The first-order chi connectivity index (χ1) is 6.02. The molecule has 0 aliphatic heterocycles. The van der Waals surface area contributed by atoms with Crippen molar-refractivity contribution in [3.63, 3.8) is 0 Å². The summed E-state index contributed by atoms with van der Waals surface area (Å²) < 4.78 is 4.88. The Morgan fingerprint density at radius 1 is 1.38 bits per heavy atom. The molecule has 0 amide bonds. The molecule has 0 aliphatic carbocycles. The third kappa shape index (κ3) is 4.08. The van der Waals surface area contributed by atoms with E-state index in [0.29, 0.717) is 5.57 Å². The summed E-state index contributed by atoms with van der Waals surface area (Å²) in [4.78, 5) is 11.4. The molecule has 0 saturated carbocycles. The molecular formula is C10H19NO2. The largest absolute Gasteiger partial charge is 0.444 e. The monoisotopic (exact) mass is 185 g/mol. The highest BCUT2D eigenvalue weighted by Crippen LogP contribution is 2.13. The van der Waals surface area contributed by atoms with E-state index in [4.69, 9.17) is 10.5 Å². The van der Waals surface area contributed by atoms with Crippen LogP contribution in [-0.4, -0.2) is 12.2 Å². The second-order valence-electron chi connectivity index (χ2n) is 3.05. The summed E-state index contributed by atoms with van der Waals surface area (Å²) in [6.45, 7) is 7.48. The van der Waals surface area contributed by atoms with Gasteiger partial charge in [-0.25, -0.2) is 4.79 Å². The number of hydrogen-bond acceptors (Lipinski definition) is 3. The van der Waals surface area contributed by atoms with Gasteiger partial charge in [-0.3, -0.25) is 5.73 Å². The van der Waals surface area contributed by atoms with Crippen LogP contribution in [0, 0.1) is 0 Å². The molecule has 2 N–H and O–H groups in total. The van der Waals surface area contributed by atoms with Gasteiger partial charge in [-0.1, -0.05) is 19.4 Å². The summed E-state index contributed by atoms with van der Waals surface area (Å²) in [6, 6.07) is 0. The van der Waals surface area contributed by atoms with Crippen LogP contribution in [0.5, 0.6) is 0 Å². The van der Waals surface area contributed by atoms with Gasteiger partial charge in [-0.2, -0.15) is 0 Å². The number of hydrogen-bond donors (Lipinski definition) is 1. The van der Waals surface area contributed by atoms with Crippen LogP contribution in [0.1, 0.15) is 40.5 Å². The molecule has 0 heterocycles. The maximum absolute atomic E-state index is 11.4. The van der Waals surface area contributed by atoms with Gasteiger partial charge in [-0.15, -0.1) is 0 Å². The Kier molecular flexibility index (Phi) is 5.39. The lowest BCUT2D eigenvalue weighted by Crippen LogP contribution is -2.24. The number of nitrogens with two attached hydrogens (primary N) is 1. The number of carbonyl (C=O) groups is 1. The van der Waals surface area contributed by atoms with Crippen LogP contribution in [0.25, 0.3) is 0 Å². The molecule has 3 heteroatoms. The van der Waals surface area contributed by atoms with Gasteiger partial charge in [0.25, 0.3) is 0 Å². The van der Waals surface area contributed by atoms with E-state index in [1.54, 1.807) is 13.8 Å². The molecule has 3 nitrogen and oxygen atoms in total. The second kappa shape index (κ2) is 5.75. The smallest absolute Gasteiger partial charge is 0.335 e. The fourth-order valence-corrected chi connectivity index (χ4v) is 1.18. The van der Waals surface area contributed by atoms with E-state index in [2.05, 4.69) is 0 Å². The normalized spacial score (nSPS) is 12.1. The van der Waals surface area contributed by atoms with Gasteiger partial charge in [0.1, 0.15) is 6.23 Å². The third-order valence-corrected chi connectivity index (χ3v) is 1.98. The van der Waals surface area contributed by atoms with Crippen LogP contribution in [0.2, 0.25) is 0 Å². The van der Waals surface area contributed by atoms with Crippen molar-refractivity contribution in [3.05, 3.63) is 11.1 Å². The predicted molar refractivity (Wildman–Crippen MR) is 53.0 cm³/mol. The van der Waals surface area contributed by atoms with E-state index in [1.165, 1.54) is 0 Å². The molecule has 0 aromatic rings. The van der Waals surface area contributed by atoms with Gasteiger partial charge in [0.15, 0.2) is 0 Å². The molecule has 0 fully saturated rings. The summed E-state index contributed by atoms with van der Waals surface area (Å²) in [5, 5.41) is 0. The Balaban J connectivity index is 4.46. The molecule has 0 aliphatic rings. The molecule has 13 heavy (non-hydrogen) atoms. The standard InChI is InChI=1S/C10H19NO2/c1-5-9(6-2)7(3)10(12)13-8(4)11/h8H,5-6,11H2,1-4H3. The minimum atomic E-state index is -0.530. The van der Waals surface area contributed by atoms with Crippen molar-refractivity contribution in [1.29, 1.82) is 0 Å². The Hall–Kier alpha value is -0.830. The Bertz CT molecular complexity index is 201. The summed E-state index contributed by atoms with van der Waals surface area (Å²) in [7, 11) is 0. The highest BCUT2D eigenvalue weighted by atomic mass is 16.6. The molecule has 0 saturated heterocycles. The van der Waals surface area contributed by atoms with Crippen molar-refractivity contribution in [2.75, 3.05) is 0 Å². The Morgan fingerprint density at radius 2 is 1.85 bits per heavy atom. The van der Waals surface area contributed by atoms with Crippen molar-refractivity contribution < 1.29 is 9.53 Å². The zero-order chi connectivity index (χ0) is 10.4. The van der Waals surface area contributed by atoms with Crippen LogP contribution in [0.15, 0.2) is 11.1 Å². The molecule has 0 spiro atoms. The van der Waals surface area contributed by atoms with Gasteiger partial charge in [-0.05, 0) is 26.7 Å². The minimum absolute atomic E-state index is 0.297. The predicted octanol–water partition coefficient (Wildman–Crippen LogP) is 1.97. The fourth-order valence-electron chi connectivity index (χ4n) is 1.18. The maximum atomic E-state index is 11.4. The van der Waals surface area contributed by atoms with E-state index in [-0.39, 0.29) is 5.97 Å². The summed E-state index contributed by atoms with van der Waals surface area (Å²) >= 11 is 0. The van der Waals surface area contributed by atoms with Crippen molar-refractivity contribution in [2.24, 2.45) is 5.73 Å². The molecule has 1 unspecified atom stereocenters. The lowest BCUT2D eigenvalue weighted by atomic mass is 10.1.